The van der Waals surface area contributed by atoms with Gasteiger partial charge < -0.3 is 19.7 Å². The van der Waals surface area contributed by atoms with Crippen LogP contribution in [0.1, 0.15) is 15.9 Å². The summed E-state index contributed by atoms with van der Waals surface area (Å²) in [5, 5.41) is 2.42. The van der Waals surface area contributed by atoms with Crippen LogP contribution in [-0.2, 0) is 20.9 Å². The van der Waals surface area contributed by atoms with Crippen molar-refractivity contribution in [3.05, 3.63) is 65.5 Å². The molecule has 0 heterocycles. The number of amides is 2. The zero-order chi connectivity index (χ0) is 20.5. The van der Waals surface area contributed by atoms with Crippen LogP contribution < -0.4 is 10.1 Å². The number of likely N-dealkylation sites (N-methyl/N-ethyl adjacent to an activating group) is 1. The molecular formula is C20H21FN2O5. The summed E-state index contributed by atoms with van der Waals surface area (Å²) in [5.41, 5.74) is 1.03. The van der Waals surface area contributed by atoms with Gasteiger partial charge in [-0.2, -0.15) is 0 Å². The molecular weight excluding hydrogens is 367 g/mol. The number of carbonyl (C=O) groups excluding carboxylic acids is 3. The third-order valence-electron chi connectivity index (χ3n) is 3.86. The summed E-state index contributed by atoms with van der Waals surface area (Å²) in [4.78, 5) is 37.3. The standard InChI is InChI=1S/C20H21FN2O5/c1-23(12-14-7-9-15(21)10-8-14)18(24)13-28-19(25)11-22-20(26)16-5-3-4-6-17(16)27-2/h3-10H,11-13H2,1-2H3,(H,22,26). The van der Waals surface area contributed by atoms with Crippen LogP contribution >= 0.6 is 0 Å². The lowest BCUT2D eigenvalue weighted by Crippen LogP contribution is -2.34. The Bertz CT molecular complexity index is 839. The number of methoxy groups -OCH3 is 1. The average molecular weight is 388 g/mol. The number of nitrogens with zero attached hydrogens (tertiary/aromatic N) is 1. The number of ether oxygens (including phenoxy) is 2. The van der Waals surface area contributed by atoms with E-state index >= 15 is 0 Å². The molecule has 0 atom stereocenters. The van der Waals surface area contributed by atoms with Gasteiger partial charge in [0.1, 0.15) is 18.1 Å². The Kier molecular flexibility index (Phi) is 7.50. The van der Waals surface area contributed by atoms with Crippen LogP contribution in [0.2, 0.25) is 0 Å². The summed E-state index contributed by atoms with van der Waals surface area (Å²) < 4.78 is 22.9. The number of benzene rings is 2. The van der Waals surface area contributed by atoms with Gasteiger partial charge in [-0.3, -0.25) is 14.4 Å². The van der Waals surface area contributed by atoms with Crippen LogP contribution in [0, 0.1) is 5.82 Å². The second-order valence-corrected chi connectivity index (χ2v) is 5.92. The van der Waals surface area contributed by atoms with Gasteiger partial charge in [0.15, 0.2) is 6.61 Å². The first-order valence-electron chi connectivity index (χ1n) is 8.46. The van der Waals surface area contributed by atoms with E-state index in [1.807, 2.05) is 0 Å². The maximum atomic E-state index is 12.9. The minimum absolute atomic E-state index is 0.251. The number of rotatable bonds is 8. The molecule has 0 saturated heterocycles. The number of hydrogen-bond acceptors (Lipinski definition) is 5. The molecule has 7 nitrogen and oxygen atoms in total. The fraction of sp³-hybridized carbons (Fsp3) is 0.250. The Balaban J connectivity index is 1.76. The predicted molar refractivity (Wildman–Crippen MR) is 99.2 cm³/mol. The molecule has 2 aromatic carbocycles. The van der Waals surface area contributed by atoms with Crippen LogP contribution in [-0.4, -0.2) is 50.0 Å². The van der Waals surface area contributed by atoms with E-state index in [4.69, 9.17) is 9.47 Å². The van der Waals surface area contributed by atoms with Gasteiger partial charge in [0.25, 0.3) is 11.8 Å². The topological polar surface area (TPSA) is 84.9 Å². The van der Waals surface area contributed by atoms with E-state index in [0.29, 0.717) is 5.75 Å². The molecule has 0 radical (unpaired) electrons. The molecule has 8 heteroatoms. The average Bonchev–Trinajstić information content (AvgIpc) is 2.71. The fourth-order valence-corrected chi connectivity index (χ4v) is 2.34. The van der Waals surface area contributed by atoms with Gasteiger partial charge in [0, 0.05) is 13.6 Å². The molecule has 0 aliphatic carbocycles. The van der Waals surface area contributed by atoms with Crippen LogP contribution in [0.4, 0.5) is 4.39 Å². The monoisotopic (exact) mass is 388 g/mol. The Morgan fingerprint density at radius 3 is 2.43 bits per heavy atom. The quantitative estimate of drug-likeness (QED) is 0.697. The Morgan fingerprint density at radius 2 is 1.75 bits per heavy atom. The van der Waals surface area contributed by atoms with Gasteiger partial charge in [0.05, 0.1) is 12.7 Å². The van der Waals surface area contributed by atoms with Gasteiger partial charge in [-0.15, -0.1) is 0 Å². The van der Waals surface area contributed by atoms with Crippen LogP contribution in [0.15, 0.2) is 48.5 Å². The molecule has 0 aromatic heterocycles. The number of halogens is 1. The fourth-order valence-electron chi connectivity index (χ4n) is 2.34. The van der Waals surface area contributed by atoms with Crippen molar-refractivity contribution >= 4 is 17.8 Å². The lowest BCUT2D eigenvalue weighted by atomic mass is 10.2. The largest absolute Gasteiger partial charge is 0.496 e. The lowest BCUT2D eigenvalue weighted by molar-refractivity contribution is -0.150. The molecule has 0 fully saturated rings. The Hall–Kier alpha value is -3.42. The first-order valence-corrected chi connectivity index (χ1v) is 8.46. The number of para-hydroxylation sites is 1. The van der Waals surface area contributed by atoms with E-state index in [2.05, 4.69) is 5.32 Å². The van der Waals surface area contributed by atoms with Crippen molar-refractivity contribution in [2.75, 3.05) is 27.3 Å². The highest BCUT2D eigenvalue weighted by Gasteiger charge is 2.15. The Morgan fingerprint density at radius 1 is 1.07 bits per heavy atom. The third kappa shape index (κ3) is 6.08. The molecule has 0 saturated carbocycles. The summed E-state index contributed by atoms with van der Waals surface area (Å²) in [6.07, 6.45) is 0. The van der Waals surface area contributed by atoms with E-state index in [9.17, 15) is 18.8 Å². The molecule has 0 spiro atoms. The number of esters is 1. The lowest BCUT2D eigenvalue weighted by Gasteiger charge is -2.17. The predicted octanol–water partition coefficient (Wildman–Crippen LogP) is 1.77. The minimum atomic E-state index is -0.744. The zero-order valence-corrected chi connectivity index (χ0v) is 15.6. The molecule has 2 rings (SSSR count). The smallest absolute Gasteiger partial charge is 0.325 e. The van der Waals surface area contributed by atoms with Gasteiger partial charge in [-0.05, 0) is 29.8 Å². The normalized spacial score (nSPS) is 10.1. The van der Waals surface area contributed by atoms with Crippen molar-refractivity contribution in [2.24, 2.45) is 0 Å². The number of carbonyl (C=O) groups is 3. The highest BCUT2D eigenvalue weighted by Crippen LogP contribution is 2.16. The Labute approximate surface area is 162 Å². The van der Waals surface area contributed by atoms with Crippen LogP contribution in [0.25, 0.3) is 0 Å². The SMILES string of the molecule is COc1ccccc1C(=O)NCC(=O)OCC(=O)N(C)Cc1ccc(F)cc1. The van der Waals surface area contributed by atoms with Gasteiger partial charge in [-0.1, -0.05) is 24.3 Å². The van der Waals surface area contributed by atoms with Crippen molar-refractivity contribution in [2.45, 2.75) is 6.54 Å². The van der Waals surface area contributed by atoms with Crippen molar-refractivity contribution in [3.8, 4) is 5.75 Å². The first kappa shape index (κ1) is 20.9. The second kappa shape index (κ2) is 10.1. The molecule has 0 aliphatic rings. The first-order chi connectivity index (χ1) is 13.4. The molecule has 2 amide bonds. The molecule has 2 aromatic rings. The third-order valence-corrected chi connectivity index (χ3v) is 3.86. The molecule has 1 N–H and O–H groups in total. The molecule has 0 aliphatic heterocycles. The number of nitrogens with one attached hydrogen (secondary N) is 1. The molecule has 148 valence electrons. The van der Waals surface area contributed by atoms with Gasteiger partial charge in [0.2, 0.25) is 0 Å². The zero-order valence-electron chi connectivity index (χ0n) is 15.6. The summed E-state index contributed by atoms with van der Waals surface area (Å²) in [6, 6.07) is 12.3. The van der Waals surface area contributed by atoms with E-state index in [1.54, 1.807) is 43.4 Å². The van der Waals surface area contributed by atoms with E-state index in [0.717, 1.165) is 5.56 Å². The molecule has 0 bridgehead atoms. The highest BCUT2D eigenvalue weighted by atomic mass is 19.1. The van der Waals surface area contributed by atoms with E-state index < -0.39 is 24.4 Å². The van der Waals surface area contributed by atoms with Crippen molar-refractivity contribution in [1.29, 1.82) is 0 Å². The van der Waals surface area contributed by atoms with Crippen molar-refractivity contribution in [1.82, 2.24) is 10.2 Å². The molecule has 0 unspecified atom stereocenters. The summed E-state index contributed by atoms with van der Waals surface area (Å²) >= 11 is 0. The van der Waals surface area contributed by atoms with Crippen LogP contribution in [0.5, 0.6) is 5.75 Å². The summed E-state index contributed by atoms with van der Waals surface area (Å²) in [5.74, 6) is -1.64. The second-order valence-electron chi connectivity index (χ2n) is 5.92. The minimum Gasteiger partial charge on any atom is -0.496 e. The molecule has 28 heavy (non-hydrogen) atoms. The van der Waals surface area contributed by atoms with Gasteiger partial charge in [-0.25, -0.2) is 4.39 Å². The summed E-state index contributed by atoms with van der Waals surface area (Å²) in [6.45, 7) is -0.589. The maximum absolute atomic E-state index is 12.9. The maximum Gasteiger partial charge on any atom is 0.325 e. The van der Waals surface area contributed by atoms with Gasteiger partial charge >= 0.3 is 5.97 Å². The highest BCUT2D eigenvalue weighted by molar-refractivity contribution is 5.98. The summed E-state index contributed by atoms with van der Waals surface area (Å²) in [7, 11) is 2.98. The van der Waals surface area contributed by atoms with E-state index in [-0.39, 0.29) is 24.5 Å². The van der Waals surface area contributed by atoms with Crippen molar-refractivity contribution in [3.63, 3.8) is 0 Å². The van der Waals surface area contributed by atoms with Crippen molar-refractivity contribution < 1.29 is 28.2 Å². The number of hydrogen-bond donors (Lipinski definition) is 1. The van der Waals surface area contributed by atoms with E-state index in [1.165, 1.54) is 24.1 Å². The van der Waals surface area contributed by atoms with Crippen LogP contribution in [0.3, 0.4) is 0 Å².